The third-order valence-corrected chi connectivity index (χ3v) is 5.43. The van der Waals surface area contributed by atoms with E-state index in [9.17, 15) is 28.8 Å². The topological polar surface area (TPSA) is 202 Å². The van der Waals surface area contributed by atoms with Crippen molar-refractivity contribution in [1.29, 1.82) is 0 Å². The minimum absolute atomic E-state index is 0.185. The van der Waals surface area contributed by atoms with E-state index in [1.165, 1.54) is 0 Å². The van der Waals surface area contributed by atoms with E-state index in [0.29, 0.717) is 38.5 Å². The fourth-order valence-electron chi connectivity index (χ4n) is 3.34. The van der Waals surface area contributed by atoms with Gasteiger partial charge in [0.1, 0.15) is 13.2 Å². The van der Waals surface area contributed by atoms with Gasteiger partial charge in [-0.25, -0.2) is 0 Å². The molecule has 0 atom stereocenters. The van der Waals surface area contributed by atoms with Gasteiger partial charge in [-0.15, -0.1) is 0 Å². The Labute approximate surface area is 230 Å². The normalized spacial score (nSPS) is 13.3. The highest BCUT2D eigenvalue weighted by Crippen LogP contribution is 2.09. The summed E-state index contributed by atoms with van der Waals surface area (Å²) in [6.45, 7) is 0.370. The van der Waals surface area contributed by atoms with Crippen LogP contribution in [0, 0.1) is 0 Å². The van der Waals surface area contributed by atoms with Crippen LogP contribution >= 0.6 is 0 Å². The second kappa shape index (κ2) is 27.8. The number of carboxylic acid groups (broad SMARTS) is 4. The summed E-state index contributed by atoms with van der Waals surface area (Å²) >= 11 is 0. The van der Waals surface area contributed by atoms with Crippen molar-refractivity contribution in [2.24, 2.45) is 0 Å². The quantitative estimate of drug-likeness (QED) is 0.139. The first-order valence-electron chi connectivity index (χ1n) is 13.7. The second-order valence-electron chi connectivity index (χ2n) is 9.11. The van der Waals surface area contributed by atoms with Crippen molar-refractivity contribution < 1.29 is 58.7 Å². The molecule has 0 aromatic carbocycles. The molecule has 0 aliphatic carbocycles. The molecule has 0 unspecified atom stereocenters. The lowest BCUT2D eigenvalue weighted by atomic mass is 10.1. The van der Waals surface area contributed by atoms with Gasteiger partial charge in [0, 0.05) is 38.5 Å². The predicted octanol–water partition coefficient (Wildman–Crippen LogP) is 4.81. The van der Waals surface area contributed by atoms with E-state index in [1.807, 2.05) is 0 Å². The lowest BCUT2D eigenvalue weighted by Crippen LogP contribution is -2.15. The first-order chi connectivity index (χ1) is 18.5. The molecule has 4 N–H and O–H groups in total. The number of esters is 2. The first kappa shape index (κ1) is 38.0. The molecule has 39 heavy (non-hydrogen) atoms. The van der Waals surface area contributed by atoms with E-state index in [2.05, 4.69) is 0 Å². The number of carbonyl (C=O) groups is 6. The summed E-state index contributed by atoms with van der Waals surface area (Å²) in [6, 6.07) is 0. The molecule has 1 fully saturated rings. The summed E-state index contributed by atoms with van der Waals surface area (Å²) in [5.74, 6) is -3.40. The third-order valence-electron chi connectivity index (χ3n) is 5.43. The Hall–Kier alpha value is -3.18. The Morgan fingerprint density at radius 3 is 0.923 bits per heavy atom. The summed E-state index contributed by atoms with van der Waals surface area (Å²) in [4.78, 5) is 62.1. The maximum atomic E-state index is 10.8. The molecule has 0 spiro atoms. The molecule has 0 aromatic heterocycles. The number of carboxylic acids is 4. The highest BCUT2D eigenvalue weighted by molar-refractivity contribution is 5.71. The zero-order valence-electron chi connectivity index (χ0n) is 22.9. The molecule has 226 valence electrons. The summed E-state index contributed by atoms with van der Waals surface area (Å²) in [5.41, 5.74) is 0. The molecule has 1 rings (SSSR count). The Balaban J connectivity index is 0. The SMILES string of the molecule is O=C(O)CCCCCCCC(=O)O.O=C(O)CCCCCCCCC(=O)O.O=C1CCCCC(=O)OCCO1. The van der Waals surface area contributed by atoms with Crippen molar-refractivity contribution in [2.45, 2.75) is 122 Å². The van der Waals surface area contributed by atoms with E-state index in [1.54, 1.807) is 0 Å². The van der Waals surface area contributed by atoms with Crippen LogP contribution in [-0.2, 0) is 38.2 Å². The third kappa shape index (κ3) is 37.0. The molecule has 12 nitrogen and oxygen atoms in total. The summed E-state index contributed by atoms with van der Waals surface area (Å²) in [6.07, 6.45) is 12.6. The van der Waals surface area contributed by atoms with E-state index >= 15 is 0 Å². The fourth-order valence-corrected chi connectivity index (χ4v) is 3.34. The Morgan fingerprint density at radius 2 is 0.692 bits per heavy atom. The molecule has 1 heterocycles. The van der Waals surface area contributed by atoms with Crippen LogP contribution in [0.15, 0.2) is 0 Å². The minimum Gasteiger partial charge on any atom is -0.481 e. The number of unbranched alkanes of at least 4 members (excludes halogenated alkanes) is 9. The Kier molecular flexibility index (Phi) is 27.1. The van der Waals surface area contributed by atoms with Gasteiger partial charge in [-0.05, 0) is 38.5 Å². The van der Waals surface area contributed by atoms with Gasteiger partial charge < -0.3 is 29.9 Å². The van der Waals surface area contributed by atoms with E-state index in [-0.39, 0.29) is 50.8 Å². The van der Waals surface area contributed by atoms with Crippen LogP contribution in [0.25, 0.3) is 0 Å². The number of aliphatic carboxylic acids is 4. The minimum atomic E-state index is -0.759. The van der Waals surface area contributed by atoms with Crippen molar-refractivity contribution >= 4 is 35.8 Å². The molecule has 1 aliphatic heterocycles. The Morgan fingerprint density at radius 1 is 0.462 bits per heavy atom. The lowest BCUT2D eigenvalue weighted by molar-refractivity contribution is -0.153. The summed E-state index contributed by atoms with van der Waals surface area (Å²) in [5, 5.41) is 33.3. The number of ether oxygens (including phenoxy) is 2. The standard InChI is InChI=1S/C10H18O4.C9H16O4.C8H12O4/c11-9(12)7-5-3-1-2-4-6-8-10(13)14;10-8(11)6-4-2-1-3-5-7-9(12)13;9-7-3-1-2-4-8(10)12-6-5-11-7/h1-8H2,(H,11,12)(H,13,14);1-7H2,(H,10,11)(H,12,13);1-6H2. The van der Waals surface area contributed by atoms with Gasteiger partial charge >= 0.3 is 35.8 Å². The Bertz CT molecular complexity index is 631. The zero-order valence-corrected chi connectivity index (χ0v) is 22.9. The summed E-state index contributed by atoms with van der Waals surface area (Å²) in [7, 11) is 0. The van der Waals surface area contributed by atoms with Gasteiger partial charge in [-0.1, -0.05) is 44.9 Å². The van der Waals surface area contributed by atoms with Crippen molar-refractivity contribution in [3.63, 3.8) is 0 Å². The number of rotatable bonds is 17. The van der Waals surface area contributed by atoms with E-state index < -0.39 is 23.9 Å². The van der Waals surface area contributed by atoms with Crippen LogP contribution in [0.4, 0.5) is 0 Å². The zero-order chi connectivity index (χ0) is 29.7. The highest BCUT2D eigenvalue weighted by Gasteiger charge is 2.09. The van der Waals surface area contributed by atoms with Crippen molar-refractivity contribution in [3.05, 3.63) is 0 Å². The van der Waals surface area contributed by atoms with Gasteiger partial charge in [0.2, 0.25) is 0 Å². The molecule has 0 saturated carbocycles. The van der Waals surface area contributed by atoms with Gasteiger partial charge in [-0.2, -0.15) is 0 Å². The number of cyclic esters (lactones) is 2. The monoisotopic (exact) mass is 562 g/mol. The first-order valence-corrected chi connectivity index (χ1v) is 13.7. The number of hydrogen-bond donors (Lipinski definition) is 4. The van der Waals surface area contributed by atoms with Crippen molar-refractivity contribution in [2.75, 3.05) is 13.2 Å². The fraction of sp³-hybridized carbons (Fsp3) is 0.778. The molecule has 1 saturated heterocycles. The van der Waals surface area contributed by atoms with Gasteiger partial charge in [0.25, 0.3) is 0 Å². The van der Waals surface area contributed by atoms with E-state index in [0.717, 1.165) is 57.8 Å². The van der Waals surface area contributed by atoms with Gasteiger partial charge in [-0.3, -0.25) is 28.8 Å². The van der Waals surface area contributed by atoms with Crippen LogP contribution in [0.2, 0.25) is 0 Å². The smallest absolute Gasteiger partial charge is 0.305 e. The molecule has 1 aliphatic rings. The molecular weight excluding hydrogens is 516 g/mol. The average molecular weight is 563 g/mol. The number of hydrogen-bond acceptors (Lipinski definition) is 8. The molecule has 12 heteroatoms. The molecular formula is C27H46O12. The van der Waals surface area contributed by atoms with Crippen LogP contribution in [0.1, 0.15) is 122 Å². The molecule has 0 amide bonds. The van der Waals surface area contributed by atoms with Gasteiger partial charge in [0.05, 0.1) is 0 Å². The molecule has 0 aromatic rings. The second-order valence-corrected chi connectivity index (χ2v) is 9.11. The summed E-state index contributed by atoms with van der Waals surface area (Å²) < 4.78 is 9.50. The molecule has 0 bridgehead atoms. The maximum absolute atomic E-state index is 10.8. The van der Waals surface area contributed by atoms with Crippen LogP contribution in [0.3, 0.4) is 0 Å². The lowest BCUT2D eigenvalue weighted by Gasteiger charge is -2.08. The van der Waals surface area contributed by atoms with Crippen molar-refractivity contribution in [1.82, 2.24) is 0 Å². The van der Waals surface area contributed by atoms with Gasteiger partial charge in [0.15, 0.2) is 0 Å². The van der Waals surface area contributed by atoms with Crippen molar-refractivity contribution in [3.8, 4) is 0 Å². The highest BCUT2D eigenvalue weighted by atomic mass is 16.6. The predicted molar refractivity (Wildman–Crippen MR) is 140 cm³/mol. The largest absolute Gasteiger partial charge is 0.481 e. The van der Waals surface area contributed by atoms with Crippen LogP contribution in [0.5, 0.6) is 0 Å². The van der Waals surface area contributed by atoms with E-state index in [4.69, 9.17) is 29.9 Å². The molecule has 0 radical (unpaired) electrons. The average Bonchev–Trinajstić information content (AvgIpc) is 2.85. The van der Waals surface area contributed by atoms with Crippen LogP contribution in [-0.4, -0.2) is 69.5 Å². The maximum Gasteiger partial charge on any atom is 0.305 e. The van der Waals surface area contributed by atoms with Crippen LogP contribution < -0.4 is 0 Å². The number of carbonyl (C=O) groups excluding carboxylic acids is 2.